The third-order valence-corrected chi connectivity index (χ3v) is 4.85. The molecule has 2 heterocycles. The van der Waals surface area contributed by atoms with E-state index in [1.807, 2.05) is 37.3 Å². The van der Waals surface area contributed by atoms with E-state index < -0.39 is 0 Å². The normalized spacial score (nSPS) is 17.5. The number of hydrogen-bond acceptors (Lipinski definition) is 5. The van der Waals surface area contributed by atoms with Crippen LogP contribution in [-0.2, 0) is 16.0 Å². The Kier molecular flexibility index (Phi) is 5.20. The molecule has 1 N–H and O–H groups in total. The third kappa shape index (κ3) is 4.17. The largest absolute Gasteiger partial charge is 0.342 e. The Hall–Kier alpha value is -2.28. The summed E-state index contributed by atoms with van der Waals surface area (Å²) in [6, 6.07) is 9.69. The van der Waals surface area contributed by atoms with Gasteiger partial charge < -0.3 is 10.2 Å². The number of aryl methyl sites for hydroxylation is 1. The van der Waals surface area contributed by atoms with Crippen LogP contribution >= 0.6 is 11.3 Å². The Morgan fingerprint density at radius 1 is 1.29 bits per heavy atom. The predicted molar refractivity (Wildman–Crippen MR) is 92.7 cm³/mol. The second kappa shape index (κ2) is 7.53. The highest BCUT2D eigenvalue weighted by Gasteiger charge is 2.28. The molecule has 1 fully saturated rings. The summed E-state index contributed by atoms with van der Waals surface area (Å²) in [6.45, 7) is 3.03. The van der Waals surface area contributed by atoms with Gasteiger partial charge in [0.05, 0.1) is 12.3 Å². The minimum Gasteiger partial charge on any atom is -0.342 e. The van der Waals surface area contributed by atoms with Crippen molar-refractivity contribution < 1.29 is 9.59 Å². The van der Waals surface area contributed by atoms with Gasteiger partial charge in [0.15, 0.2) is 0 Å². The molecule has 3 rings (SSSR count). The number of aromatic nitrogens is 2. The van der Waals surface area contributed by atoms with E-state index in [0.717, 1.165) is 23.4 Å². The molecule has 1 atom stereocenters. The first-order valence-corrected chi connectivity index (χ1v) is 8.86. The lowest BCUT2D eigenvalue weighted by Gasteiger charge is -2.32. The fourth-order valence-corrected chi connectivity index (χ4v) is 3.45. The lowest BCUT2D eigenvalue weighted by molar-refractivity contribution is -0.133. The van der Waals surface area contributed by atoms with Crippen molar-refractivity contribution in [3.8, 4) is 0 Å². The highest BCUT2D eigenvalue weighted by molar-refractivity contribution is 7.15. The van der Waals surface area contributed by atoms with Gasteiger partial charge in [0.1, 0.15) is 5.01 Å². The summed E-state index contributed by atoms with van der Waals surface area (Å²) in [5, 5.41) is 12.0. The highest BCUT2D eigenvalue weighted by Crippen LogP contribution is 2.21. The van der Waals surface area contributed by atoms with Crippen molar-refractivity contribution in [2.75, 3.05) is 18.4 Å². The minimum absolute atomic E-state index is 0.0745. The zero-order valence-electron chi connectivity index (χ0n) is 13.6. The maximum atomic E-state index is 12.5. The van der Waals surface area contributed by atoms with E-state index in [0.29, 0.717) is 24.6 Å². The predicted octanol–water partition coefficient (Wildman–Crippen LogP) is 2.27. The van der Waals surface area contributed by atoms with Crippen molar-refractivity contribution in [3.05, 3.63) is 40.9 Å². The molecule has 1 aromatic carbocycles. The summed E-state index contributed by atoms with van der Waals surface area (Å²) >= 11 is 1.35. The molecule has 2 amide bonds. The van der Waals surface area contributed by atoms with Crippen LogP contribution in [0.3, 0.4) is 0 Å². The molecule has 1 saturated heterocycles. The fraction of sp³-hybridized carbons (Fsp3) is 0.412. The summed E-state index contributed by atoms with van der Waals surface area (Å²) in [5.41, 5.74) is 0.999. The van der Waals surface area contributed by atoms with Crippen LogP contribution in [-0.4, -0.2) is 40.0 Å². The molecule has 0 aliphatic carbocycles. The average Bonchev–Trinajstić information content (AvgIpc) is 3.00. The average molecular weight is 344 g/mol. The van der Waals surface area contributed by atoms with Crippen molar-refractivity contribution in [1.29, 1.82) is 0 Å². The summed E-state index contributed by atoms with van der Waals surface area (Å²) in [7, 11) is 0. The first-order chi connectivity index (χ1) is 11.6. The molecule has 1 aliphatic rings. The van der Waals surface area contributed by atoms with Crippen molar-refractivity contribution in [2.45, 2.75) is 26.2 Å². The van der Waals surface area contributed by atoms with Crippen LogP contribution in [0.15, 0.2) is 30.3 Å². The van der Waals surface area contributed by atoms with Crippen molar-refractivity contribution in [1.82, 2.24) is 15.1 Å². The number of anilines is 1. The molecule has 1 aliphatic heterocycles. The monoisotopic (exact) mass is 344 g/mol. The van der Waals surface area contributed by atoms with E-state index in [9.17, 15) is 9.59 Å². The summed E-state index contributed by atoms with van der Waals surface area (Å²) in [5.74, 6) is -0.198. The van der Waals surface area contributed by atoms with Gasteiger partial charge in [-0.25, -0.2) is 0 Å². The topological polar surface area (TPSA) is 75.2 Å². The van der Waals surface area contributed by atoms with Gasteiger partial charge in [-0.05, 0) is 25.3 Å². The zero-order valence-corrected chi connectivity index (χ0v) is 14.4. The molecule has 6 nitrogen and oxygen atoms in total. The lowest BCUT2D eigenvalue weighted by atomic mass is 9.96. The van der Waals surface area contributed by atoms with Gasteiger partial charge in [-0.3, -0.25) is 9.59 Å². The quantitative estimate of drug-likeness (QED) is 0.923. The smallest absolute Gasteiger partial charge is 0.231 e. The Morgan fingerprint density at radius 3 is 2.79 bits per heavy atom. The van der Waals surface area contributed by atoms with E-state index >= 15 is 0 Å². The van der Waals surface area contributed by atoms with Gasteiger partial charge in [0, 0.05) is 13.1 Å². The molecule has 24 heavy (non-hydrogen) atoms. The van der Waals surface area contributed by atoms with Crippen LogP contribution in [0.5, 0.6) is 0 Å². The van der Waals surface area contributed by atoms with Crippen LogP contribution in [0.1, 0.15) is 23.4 Å². The van der Waals surface area contributed by atoms with Crippen LogP contribution in [0.2, 0.25) is 0 Å². The van der Waals surface area contributed by atoms with Crippen LogP contribution in [0.4, 0.5) is 5.13 Å². The number of carbonyl (C=O) groups is 2. The summed E-state index contributed by atoms with van der Waals surface area (Å²) in [4.78, 5) is 26.7. The molecule has 1 unspecified atom stereocenters. The maximum absolute atomic E-state index is 12.5. The first-order valence-electron chi connectivity index (χ1n) is 8.04. The molecule has 0 radical (unpaired) electrons. The number of rotatable bonds is 4. The number of carbonyl (C=O) groups excluding carboxylic acids is 2. The van der Waals surface area contributed by atoms with E-state index in [4.69, 9.17) is 0 Å². The second-order valence-electron chi connectivity index (χ2n) is 5.96. The number of amides is 2. The number of hydrogen-bond donors (Lipinski definition) is 1. The molecule has 2 aromatic rings. The van der Waals surface area contributed by atoms with Crippen LogP contribution in [0, 0.1) is 12.8 Å². The van der Waals surface area contributed by atoms with Gasteiger partial charge in [-0.15, -0.1) is 10.2 Å². The van der Waals surface area contributed by atoms with Crippen molar-refractivity contribution in [3.63, 3.8) is 0 Å². The molecule has 7 heteroatoms. The van der Waals surface area contributed by atoms with Gasteiger partial charge in [-0.2, -0.15) is 0 Å². The summed E-state index contributed by atoms with van der Waals surface area (Å²) in [6.07, 6.45) is 2.01. The van der Waals surface area contributed by atoms with Gasteiger partial charge in [0.25, 0.3) is 0 Å². The van der Waals surface area contributed by atoms with Gasteiger partial charge in [-0.1, -0.05) is 41.7 Å². The SMILES string of the molecule is Cc1nnc(NC(=O)C2CCCN(C(=O)Cc3ccccc3)C2)s1. The van der Waals surface area contributed by atoms with Gasteiger partial charge in [0.2, 0.25) is 16.9 Å². The second-order valence-corrected chi connectivity index (χ2v) is 7.14. The summed E-state index contributed by atoms with van der Waals surface area (Å²) < 4.78 is 0. The number of likely N-dealkylation sites (tertiary alicyclic amines) is 1. The molecular formula is C17H20N4O2S. The Balaban J connectivity index is 1.57. The fourth-order valence-electron chi connectivity index (χ4n) is 2.85. The first kappa shape index (κ1) is 16.6. The minimum atomic E-state index is -0.192. The Morgan fingerprint density at radius 2 is 2.08 bits per heavy atom. The maximum Gasteiger partial charge on any atom is 0.231 e. The Bertz CT molecular complexity index is 716. The highest BCUT2D eigenvalue weighted by atomic mass is 32.1. The molecular weight excluding hydrogens is 324 g/mol. The van der Waals surface area contributed by atoms with E-state index in [-0.39, 0.29) is 17.7 Å². The number of nitrogens with zero attached hydrogens (tertiary/aromatic N) is 3. The number of piperidine rings is 1. The number of nitrogens with one attached hydrogen (secondary N) is 1. The van der Waals surface area contributed by atoms with E-state index in [1.165, 1.54) is 11.3 Å². The van der Waals surface area contributed by atoms with Gasteiger partial charge >= 0.3 is 0 Å². The van der Waals surface area contributed by atoms with Crippen LogP contribution in [0.25, 0.3) is 0 Å². The molecule has 0 saturated carbocycles. The molecule has 126 valence electrons. The third-order valence-electron chi connectivity index (χ3n) is 4.10. The zero-order chi connectivity index (χ0) is 16.9. The molecule has 1 aromatic heterocycles. The Labute approximate surface area is 144 Å². The van der Waals surface area contributed by atoms with Crippen molar-refractivity contribution >= 4 is 28.3 Å². The number of benzene rings is 1. The van der Waals surface area contributed by atoms with Crippen LogP contribution < -0.4 is 5.32 Å². The van der Waals surface area contributed by atoms with E-state index in [2.05, 4.69) is 15.5 Å². The lowest BCUT2D eigenvalue weighted by Crippen LogP contribution is -2.44. The molecule has 0 spiro atoms. The van der Waals surface area contributed by atoms with E-state index in [1.54, 1.807) is 4.90 Å². The molecule has 0 bridgehead atoms. The van der Waals surface area contributed by atoms with Crippen molar-refractivity contribution in [2.24, 2.45) is 5.92 Å². The standard InChI is InChI=1S/C17H20N4O2S/c1-12-19-20-17(24-12)18-16(23)14-8-5-9-21(11-14)15(22)10-13-6-3-2-4-7-13/h2-4,6-7,14H,5,8-11H2,1H3,(H,18,20,23).